The highest BCUT2D eigenvalue weighted by atomic mass is 15.9. The minimum Gasteiger partial charge on any atom is -0.238 e. The highest BCUT2D eigenvalue weighted by Crippen LogP contribution is 2.26. The summed E-state index contributed by atoms with van der Waals surface area (Å²) < 4.78 is 0. The van der Waals surface area contributed by atoms with E-state index >= 15 is 0 Å². The van der Waals surface area contributed by atoms with E-state index in [-0.39, 0.29) is 0 Å². The van der Waals surface area contributed by atoms with Crippen molar-refractivity contribution in [3.05, 3.63) is 121 Å². The molecule has 0 fully saturated rings. The average molecular weight is 376 g/mol. The molecule has 4 heteroatoms. The minimum atomic E-state index is 0.851. The second-order valence-electron chi connectivity index (χ2n) is 6.79. The number of hydrazone groups is 1. The zero-order chi connectivity index (χ0) is 19.5. The molecule has 0 saturated carbocycles. The van der Waals surface area contributed by atoms with Gasteiger partial charge in [-0.1, -0.05) is 91.0 Å². The molecule has 1 aliphatic heterocycles. The number of amidine groups is 1. The maximum atomic E-state index is 4.85. The summed E-state index contributed by atoms with van der Waals surface area (Å²) in [5.74, 6) is 0.851. The minimum absolute atomic E-state index is 0.851. The first-order chi connectivity index (χ1) is 14.4. The molecule has 0 radical (unpaired) electrons. The zero-order valence-corrected chi connectivity index (χ0v) is 15.8. The Bertz CT molecular complexity index is 1110. The van der Waals surface area contributed by atoms with Gasteiger partial charge in [0.25, 0.3) is 0 Å². The number of benzene rings is 4. The van der Waals surface area contributed by atoms with Crippen LogP contribution in [0.1, 0.15) is 5.56 Å². The molecule has 5 rings (SSSR count). The van der Waals surface area contributed by atoms with Crippen LogP contribution in [0, 0.1) is 0 Å². The fourth-order valence-electron chi connectivity index (χ4n) is 3.38. The molecule has 1 aliphatic rings. The van der Waals surface area contributed by atoms with E-state index < -0.39 is 0 Å². The number of hydrazine groups is 2. The monoisotopic (exact) mass is 376 g/mol. The van der Waals surface area contributed by atoms with Crippen LogP contribution < -0.4 is 15.7 Å². The molecule has 0 aromatic heterocycles. The van der Waals surface area contributed by atoms with Crippen LogP contribution in [0.15, 0.2) is 120 Å². The summed E-state index contributed by atoms with van der Waals surface area (Å²) in [7, 11) is 0. The number of hydrogen-bond donors (Lipinski definition) is 1. The molecule has 0 amide bonds. The molecule has 0 spiro atoms. The van der Waals surface area contributed by atoms with E-state index in [4.69, 9.17) is 5.10 Å². The largest absolute Gasteiger partial charge is 0.238 e. The van der Waals surface area contributed by atoms with Crippen molar-refractivity contribution >= 4 is 17.2 Å². The van der Waals surface area contributed by atoms with Crippen molar-refractivity contribution in [1.29, 1.82) is 0 Å². The van der Waals surface area contributed by atoms with Gasteiger partial charge in [-0.3, -0.25) is 0 Å². The van der Waals surface area contributed by atoms with Crippen molar-refractivity contribution in [2.45, 2.75) is 0 Å². The van der Waals surface area contributed by atoms with Crippen LogP contribution in [-0.4, -0.2) is 5.84 Å². The fourth-order valence-corrected chi connectivity index (χ4v) is 3.38. The van der Waals surface area contributed by atoms with Crippen molar-refractivity contribution in [2.75, 3.05) is 10.1 Å². The summed E-state index contributed by atoms with van der Waals surface area (Å²) in [6.07, 6.45) is 0. The number of nitrogens with zero attached hydrogens (tertiary/aromatic N) is 3. The van der Waals surface area contributed by atoms with E-state index in [1.165, 1.54) is 11.1 Å². The molecular weight excluding hydrogens is 356 g/mol. The topological polar surface area (TPSA) is 30.9 Å². The normalized spacial score (nSPS) is 13.4. The maximum absolute atomic E-state index is 4.85. The lowest BCUT2D eigenvalue weighted by atomic mass is 10.1. The van der Waals surface area contributed by atoms with E-state index in [1.54, 1.807) is 0 Å². The summed E-state index contributed by atoms with van der Waals surface area (Å²) in [6.45, 7) is 0. The van der Waals surface area contributed by atoms with E-state index in [2.05, 4.69) is 78.3 Å². The second kappa shape index (κ2) is 7.62. The summed E-state index contributed by atoms with van der Waals surface area (Å²) >= 11 is 0. The van der Waals surface area contributed by atoms with Gasteiger partial charge in [-0.2, -0.15) is 5.12 Å². The molecule has 0 atom stereocenters. The highest BCUT2D eigenvalue weighted by molar-refractivity contribution is 6.11. The second-order valence-corrected chi connectivity index (χ2v) is 6.79. The Hall–Kier alpha value is -3.89. The van der Waals surface area contributed by atoms with Crippen LogP contribution in [0.4, 0.5) is 11.4 Å². The first-order valence-corrected chi connectivity index (χ1v) is 9.60. The Morgan fingerprint density at radius 1 is 0.483 bits per heavy atom. The van der Waals surface area contributed by atoms with Gasteiger partial charge in [0.15, 0.2) is 5.84 Å². The van der Waals surface area contributed by atoms with Crippen molar-refractivity contribution in [1.82, 2.24) is 5.53 Å². The Balaban J connectivity index is 1.48. The lowest BCUT2D eigenvalue weighted by Crippen LogP contribution is -2.43. The van der Waals surface area contributed by atoms with Crippen LogP contribution in [0.3, 0.4) is 0 Å². The van der Waals surface area contributed by atoms with Gasteiger partial charge in [-0.25, -0.2) is 5.01 Å². The summed E-state index contributed by atoms with van der Waals surface area (Å²) in [6, 6.07) is 39.2. The molecule has 0 unspecified atom stereocenters. The third kappa shape index (κ3) is 3.49. The molecule has 0 bridgehead atoms. The molecular formula is C25H20N4. The van der Waals surface area contributed by atoms with Gasteiger partial charge in [-0.15, -0.1) is 10.6 Å². The van der Waals surface area contributed by atoms with Crippen molar-refractivity contribution < 1.29 is 0 Å². The Morgan fingerprint density at radius 2 is 1.00 bits per heavy atom. The molecule has 0 saturated heterocycles. The number of para-hydroxylation sites is 1. The molecule has 1 heterocycles. The van der Waals surface area contributed by atoms with E-state index in [0.29, 0.717) is 0 Å². The van der Waals surface area contributed by atoms with E-state index in [0.717, 1.165) is 22.8 Å². The van der Waals surface area contributed by atoms with Crippen LogP contribution in [0.2, 0.25) is 0 Å². The van der Waals surface area contributed by atoms with Gasteiger partial charge < -0.3 is 0 Å². The van der Waals surface area contributed by atoms with Gasteiger partial charge in [0, 0.05) is 5.56 Å². The van der Waals surface area contributed by atoms with Crippen LogP contribution in [-0.2, 0) is 0 Å². The van der Waals surface area contributed by atoms with Gasteiger partial charge in [0.05, 0.1) is 11.4 Å². The lowest BCUT2D eigenvalue weighted by molar-refractivity contribution is 0.718. The molecule has 4 aromatic carbocycles. The Labute approximate surface area is 170 Å². The van der Waals surface area contributed by atoms with Crippen molar-refractivity contribution in [3.63, 3.8) is 0 Å². The summed E-state index contributed by atoms with van der Waals surface area (Å²) in [5.41, 5.74) is 8.82. The molecule has 4 nitrogen and oxygen atoms in total. The first-order valence-electron chi connectivity index (χ1n) is 9.60. The number of nitrogens with one attached hydrogen (secondary N) is 1. The van der Waals surface area contributed by atoms with Gasteiger partial charge >= 0.3 is 0 Å². The maximum Gasteiger partial charge on any atom is 0.178 e. The SMILES string of the molecule is c1ccc(C2=NN(c3ccc(-c4ccccc4)cc3)NN2c2ccccc2)cc1. The van der Waals surface area contributed by atoms with Crippen molar-refractivity contribution in [2.24, 2.45) is 5.10 Å². The standard InChI is InChI=1S/C25H20N4/c1-4-10-20(11-5-1)21-16-18-24(19-17-21)29-26-25(22-12-6-2-7-13-22)28(27-29)23-14-8-3-9-15-23/h1-19,27H. The first kappa shape index (κ1) is 17.2. The number of anilines is 2. The molecule has 140 valence electrons. The lowest BCUT2D eigenvalue weighted by Gasteiger charge is -2.22. The third-order valence-corrected chi connectivity index (χ3v) is 4.87. The smallest absolute Gasteiger partial charge is 0.178 e. The van der Waals surface area contributed by atoms with Gasteiger partial charge in [-0.05, 0) is 35.4 Å². The third-order valence-electron chi connectivity index (χ3n) is 4.87. The highest BCUT2D eigenvalue weighted by Gasteiger charge is 2.26. The molecule has 1 N–H and O–H groups in total. The average Bonchev–Trinajstić information content (AvgIpc) is 3.27. The molecule has 29 heavy (non-hydrogen) atoms. The van der Waals surface area contributed by atoms with E-state index in [9.17, 15) is 0 Å². The van der Waals surface area contributed by atoms with Crippen LogP contribution in [0.25, 0.3) is 11.1 Å². The van der Waals surface area contributed by atoms with Gasteiger partial charge in [0.1, 0.15) is 0 Å². The molecule has 4 aromatic rings. The van der Waals surface area contributed by atoms with Gasteiger partial charge in [0.2, 0.25) is 0 Å². The Kier molecular flexibility index (Phi) is 4.53. The number of hydrogen-bond acceptors (Lipinski definition) is 4. The number of rotatable bonds is 4. The summed E-state index contributed by atoms with van der Waals surface area (Å²) in [4.78, 5) is 0. The van der Waals surface area contributed by atoms with Crippen LogP contribution >= 0.6 is 0 Å². The summed E-state index contributed by atoms with van der Waals surface area (Å²) in [5, 5.41) is 8.66. The predicted octanol–water partition coefficient (Wildman–Crippen LogP) is 5.46. The quantitative estimate of drug-likeness (QED) is 0.513. The van der Waals surface area contributed by atoms with Crippen LogP contribution in [0.5, 0.6) is 0 Å². The molecule has 0 aliphatic carbocycles. The Morgan fingerprint density at radius 3 is 1.62 bits per heavy atom. The fraction of sp³-hybridized carbons (Fsp3) is 0. The van der Waals surface area contributed by atoms with Crippen molar-refractivity contribution in [3.8, 4) is 11.1 Å². The predicted molar refractivity (Wildman–Crippen MR) is 119 cm³/mol. The van der Waals surface area contributed by atoms with E-state index in [1.807, 2.05) is 52.6 Å². The zero-order valence-electron chi connectivity index (χ0n) is 15.8.